The molecule has 23 heavy (non-hydrogen) atoms. The van der Waals surface area contributed by atoms with Crippen molar-refractivity contribution in [1.82, 2.24) is 16.0 Å². The minimum atomic E-state index is -0.594. The van der Waals surface area contributed by atoms with Crippen molar-refractivity contribution in [2.24, 2.45) is 0 Å². The van der Waals surface area contributed by atoms with Gasteiger partial charge < -0.3 is 20.1 Å². The molecule has 1 aromatic carbocycles. The van der Waals surface area contributed by atoms with Crippen LogP contribution in [0.3, 0.4) is 0 Å². The van der Waals surface area contributed by atoms with E-state index in [2.05, 4.69) is 16.0 Å². The fourth-order valence-electron chi connectivity index (χ4n) is 2.26. The number of urea groups is 1. The molecule has 2 rings (SSSR count). The highest BCUT2D eigenvalue weighted by Crippen LogP contribution is 2.27. The summed E-state index contributed by atoms with van der Waals surface area (Å²) in [7, 11) is 3.07. The van der Waals surface area contributed by atoms with Crippen molar-refractivity contribution in [2.75, 3.05) is 20.8 Å². The first-order valence-corrected chi connectivity index (χ1v) is 7.12. The molecule has 8 heteroatoms. The van der Waals surface area contributed by atoms with Gasteiger partial charge in [0.1, 0.15) is 6.04 Å². The molecule has 0 saturated carbocycles. The van der Waals surface area contributed by atoms with Crippen LogP contribution < -0.4 is 25.4 Å². The van der Waals surface area contributed by atoms with Gasteiger partial charge in [-0.3, -0.25) is 14.9 Å². The van der Waals surface area contributed by atoms with E-state index >= 15 is 0 Å². The van der Waals surface area contributed by atoms with Crippen molar-refractivity contribution in [3.05, 3.63) is 23.8 Å². The number of imide groups is 1. The van der Waals surface area contributed by atoms with Crippen LogP contribution in [0.15, 0.2) is 18.2 Å². The summed E-state index contributed by atoms with van der Waals surface area (Å²) >= 11 is 0. The van der Waals surface area contributed by atoms with Crippen molar-refractivity contribution in [2.45, 2.75) is 18.9 Å². The molecule has 3 N–H and O–H groups in total. The molecule has 1 unspecified atom stereocenters. The van der Waals surface area contributed by atoms with Crippen LogP contribution in [0.25, 0.3) is 0 Å². The van der Waals surface area contributed by atoms with Crippen LogP contribution in [0.5, 0.6) is 11.5 Å². The average molecular weight is 321 g/mol. The lowest BCUT2D eigenvalue weighted by Crippen LogP contribution is -2.35. The summed E-state index contributed by atoms with van der Waals surface area (Å²) in [6, 6.07) is 4.16. The van der Waals surface area contributed by atoms with Gasteiger partial charge in [-0.1, -0.05) is 6.07 Å². The molecule has 1 heterocycles. The highest BCUT2D eigenvalue weighted by molar-refractivity contribution is 6.04. The minimum absolute atomic E-state index is 0.179. The number of ether oxygens (including phenoxy) is 2. The molecule has 8 nitrogen and oxygen atoms in total. The van der Waals surface area contributed by atoms with Crippen LogP contribution in [0.4, 0.5) is 4.79 Å². The molecule has 0 bridgehead atoms. The first kappa shape index (κ1) is 16.6. The predicted octanol–water partition coefficient (Wildman–Crippen LogP) is -0.0394. The highest BCUT2D eigenvalue weighted by Gasteiger charge is 2.28. The van der Waals surface area contributed by atoms with Gasteiger partial charge in [-0.2, -0.15) is 0 Å². The molecule has 1 aliphatic rings. The van der Waals surface area contributed by atoms with Gasteiger partial charge in [-0.15, -0.1) is 0 Å². The van der Waals surface area contributed by atoms with Gasteiger partial charge in [0.15, 0.2) is 11.5 Å². The molecule has 1 saturated heterocycles. The SMILES string of the molecule is COc1ccc(CC(=O)NCCC2NC(=O)NC2=O)cc1OC. The number of carbonyl (C=O) groups excluding carboxylic acids is 3. The van der Waals surface area contributed by atoms with E-state index in [1.54, 1.807) is 25.3 Å². The molecule has 0 spiro atoms. The van der Waals surface area contributed by atoms with Crippen LogP contribution >= 0.6 is 0 Å². The Hall–Kier alpha value is -2.77. The van der Waals surface area contributed by atoms with Crippen LogP contribution in [0.1, 0.15) is 12.0 Å². The van der Waals surface area contributed by atoms with Gasteiger partial charge in [0.05, 0.1) is 20.6 Å². The van der Waals surface area contributed by atoms with E-state index < -0.39 is 12.1 Å². The predicted molar refractivity (Wildman–Crippen MR) is 81.3 cm³/mol. The molecule has 1 fully saturated rings. The smallest absolute Gasteiger partial charge is 0.322 e. The summed E-state index contributed by atoms with van der Waals surface area (Å²) in [6.07, 6.45) is 0.527. The molecular weight excluding hydrogens is 302 g/mol. The largest absolute Gasteiger partial charge is 0.493 e. The number of benzene rings is 1. The Labute approximate surface area is 133 Å². The van der Waals surface area contributed by atoms with Gasteiger partial charge in [-0.25, -0.2) is 4.79 Å². The number of nitrogens with one attached hydrogen (secondary N) is 3. The van der Waals surface area contributed by atoms with Gasteiger partial charge >= 0.3 is 6.03 Å². The maximum Gasteiger partial charge on any atom is 0.322 e. The lowest BCUT2D eigenvalue weighted by atomic mass is 10.1. The molecule has 0 radical (unpaired) electrons. The standard InChI is InChI=1S/C15H19N3O5/c1-22-11-4-3-9(7-12(11)23-2)8-13(19)16-6-5-10-14(20)18-15(21)17-10/h3-4,7,10H,5-6,8H2,1-2H3,(H,16,19)(H2,17,18,20,21). The third kappa shape index (κ3) is 4.35. The van der Waals surface area contributed by atoms with E-state index in [0.29, 0.717) is 24.5 Å². The molecule has 1 aliphatic heterocycles. The molecule has 4 amide bonds. The van der Waals surface area contributed by atoms with Crippen LogP contribution in [-0.4, -0.2) is 44.7 Å². The summed E-state index contributed by atoms with van der Waals surface area (Å²) in [5, 5.41) is 7.33. The van der Waals surface area contributed by atoms with E-state index in [0.717, 1.165) is 5.56 Å². The number of carbonyl (C=O) groups is 3. The zero-order chi connectivity index (χ0) is 16.8. The number of hydrogen-bond acceptors (Lipinski definition) is 5. The van der Waals surface area contributed by atoms with Crippen molar-refractivity contribution < 1.29 is 23.9 Å². The fraction of sp³-hybridized carbons (Fsp3) is 0.400. The second-order valence-electron chi connectivity index (χ2n) is 5.02. The number of hydrogen-bond donors (Lipinski definition) is 3. The van der Waals surface area contributed by atoms with Crippen LogP contribution in [0, 0.1) is 0 Å². The summed E-state index contributed by atoms with van der Waals surface area (Å²) in [5.41, 5.74) is 0.784. The summed E-state index contributed by atoms with van der Waals surface area (Å²) < 4.78 is 10.3. The van der Waals surface area contributed by atoms with E-state index in [-0.39, 0.29) is 18.2 Å². The highest BCUT2D eigenvalue weighted by atomic mass is 16.5. The van der Waals surface area contributed by atoms with Gasteiger partial charge in [0, 0.05) is 6.54 Å². The molecule has 0 aliphatic carbocycles. The van der Waals surface area contributed by atoms with E-state index in [1.807, 2.05) is 0 Å². The topological polar surface area (TPSA) is 106 Å². The third-order valence-corrected chi connectivity index (χ3v) is 3.43. The zero-order valence-electron chi connectivity index (χ0n) is 13.0. The summed E-state index contributed by atoms with van der Waals surface area (Å²) in [4.78, 5) is 34.2. The second-order valence-corrected chi connectivity index (χ2v) is 5.02. The number of methoxy groups -OCH3 is 2. The third-order valence-electron chi connectivity index (χ3n) is 3.43. The monoisotopic (exact) mass is 321 g/mol. The first-order chi connectivity index (χ1) is 11.0. The second kappa shape index (κ2) is 7.48. The molecule has 0 aromatic heterocycles. The first-order valence-electron chi connectivity index (χ1n) is 7.12. The Balaban J connectivity index is 1.81. The molecular formula is C15H19N3O5. The lowest BCUT2D eigenvalue weighted by molar-refractivity contribution is -0.122. The lowest BCUT2D eigenvalue weighted by Gasteiger charge is -2.11. The number of amides is 4. The average Bonchev–Trinajstić information content (AvgIpc) is 2.85. The fourth-order valence-corrected chi connectivity index (χ4v) is 2.26. The Morgan fingerprint density at radius 1 is 1.22 bits per heavy atom. The Morgan fingerprint density at radius 2 is 1.96 bits per heavy atom. The maximum atomic E-state index is 11.9. The van der Waals surface area contributed by atoms with Crippen LogP contribution in [0.2, 0.25) is 0 Å². The van der Waals surface area contributed by atoms with Gasteiger partial charge in [0.25, 0.3) is 5.91 Å². The van der Waals surface area contributed by atoms with Gasteiger partial charge in [-0.05, 0) is 24.1 Å². The van der Waals surface area contributed by atoms with E-state index in [4.69, 9.17) is 9.47 Å². The molecule has 124 valence electrons. The quantitative estimate of drug-likeness (QED) is 0.611. The van der Waals surface area contributed by atoms with Crippen LogP contribution in [-0.2, 0) is 16.0 Å². The summed E-state index contributed by atoms with van der Waals surface area (Å²) in [5.74, 6) is 0.605. The van der Waals surface area contributed by atoms with Gasteiger partial charge in [0.2, 0.25) is 5.91 Å². The number of rotatable bonds is 7. The molecule has 1 aromatic rings. The Bertz CT molecular complexity index is 617. The summed E-state index contributed by atoms with van der Waals surface area (Å²) in [6.45, 7) is 0.296. The zero-order valence-corrected chi connectivity index (χ0v) is 13.0. The molecule has 1 atom stereocenters. The van der Waals surface area contributed by atoms with E-state index in [9.17, 15) is 14.4 Å². The Morgan fingerprint density at radius 3 is 2.57 bits per heavy atom. The minimum Gasteiger partial charge on any atom is -0.493 e. The van der Waals surface area contributed by atoms with E-state index in [1.165, 1.54) is 7.11 Å². The van der Waals surface area contributed by atoms with Crippen molar-refractivity contribution in [1.29, 1.82) is 0 Å². The van der Waals surface area contributed by atoms with Crippen molar-refractivity contribution in [3.8, 4) is 11.5 Å². The maximum absolute atomic E-state index is 11.9. The normalized spacial score (nSPS) is 16.5. The van der Waals surface area contributed by atoms with Crippen molar-refractivity contribution in [3.63, 3.8) is 0 Å². The van der Waals surface area contributed by atoms with Crippen molar-refractivity contribution >= 4 is 17.8 Å². The Kier molecular flexibility index (Phi) is 5.40.